The molecule has 5 nitrogen and oxygen atoms in total. The molecule has 0 aliphatic rings. The SMILES string of the molecule is CCCc1cc(=O)oc2cc(OC(=O)COc3cc(C)ccc3C(C)C)ccc12. The van der Waals surface area contributed by atoms with Gasteiger partial charge in [0.15, 0.2) is 6.61 Å². The minimum absolute atomic E-state index is 0.207. The van der Waals surface area contributed by atoms with Crippen LogP contribution in [0.4, 0.5) is 0 Å². The Morgan fingerprint density at radius 3 is 2.62 bits per heavy atom. The van der Waals surface area contributed by atoms with Crippen LogP contribution in [0, 0.1) is 6.92 Å². The molecule has 0 aliphatic carbocycles. The Balaban J connectivity index is 1.74. The van der Waals surface area contributed by atoms with E-state index in [1.165, 1.54) is 6.07 Å². The first kappa shape index (κ1) is 20.6. The van der Waals surface area contributed by atoms with Crippen LogP contribution in [0.15, 0.2) is 51.7 Å². The van der Waals surface area contributed by atoms with Gasteiger partial charge in [-0.1, -0.05) is 39.3 Å². The lowest BCUT2D eigenvalue weighted by molar-refractivity contribution is -0.136. The van der Waals surface area contributed by atoms with Crippen molar-refractivity contribution in [2.45, 2.75) is 46.5 Å². The molecule has 152 valence electrons. The lowest BCUT2D eigenvalue weighted by atomic mass is 10.0. The zero-order valence-electron chi connectivity index (χ0n) is 17.3. The van der Waals surface area contributed by atoms with Crippen LogP contribution >= 0.6 is 0 Å². The van der Waals surface area contributed by atoms with Crippen LogP contribution in [-0.2, 0) is 11.2 Å². The second kappa shape index (κ2) is 8.95. The van der Waals surface area contributed by atoms with Gasteiger partial charge in [0.2, 0.25) is 0 Å². The van der Waals surface area contributed by atoms with Crippen LogP contribution in [0.2, 0.25) is 0 Å². The van der Waals surface area contributed by atoms with Crippen molar-refractivity contribution in [1.82, 2.24) is 0 Å². The molecule has 0 saturated heterocycles. The van der Waals surface area contributed by atoms with Crippen LogP contribution in [0.1, 0.15) is 49.8 Å². The summed E-state index contributed by atoms with van der Waals surface area (Å²) in [4.78, 5) is 24.1. The number of rotatable bonds is 7. The van der Waals surface area contributed by atoms with Gasteiger partial charge in [-0.2, -0.15) is 0 Å². The van der Waals surface area contributed by atoms with Gasteiger partial charge < -0.3 is 13.9 Å². The van der Waals surface area contributed by atoms with Crippen LogP contribution < -0.4 is 15.1 Å². The topological polar surface area (TPSA) is 65.7 Å². The van der Waals surface area contributed by atoms with E-state index < -0.39 is 11.6 Å². The Labute approximate surface area is 170 Å². The van der Waals surface area contributed by atoms with Crippen molar-refractivity contribution in [3.05, 3.63) is 69.6 Å². The van der Waals surface area contributed by atoms with Gasteiger partial charge in [-0.3, -0.25) is 0 Å². The number of fused-ring (bicyclic) bond motifs is 1. The third kappa shape index (κ3) is 5.05. The summed E-state index contributed by atoms with van der Waals surface area (Å²) >= 11 is 0. The highest BCUT2D eigenvalue weighted by Gasteiger charge is 2.13. The number of hydrogen-bond donors (Lipinski definition) is 0. The van der Waals surface area contributed by atoms with Gasteiger partial charge in [0, 0.05) is 17.5 Å². The summed E-state index contributed by atoms with van der Waals surface area (Å²) in [6.45, 7) is 7.97. The summed E-state index contributed by atoms with van der Waals surface area (Å²) in [6, 6.07) is 12.5. The summed E-state index contributed by atoms with van der Waals surface area (Å²) in [5.41, 5.74) is 3.03. The van der Waals surface area contributed by atoms with E-state index in [0.29, 0.717) is 17.1 Å². The largest absolute Gasteiger partial charge is 0.482 e. The molecule has 0 unspecified atom stereocenters. The minimum Gasteiger partial charge on any atom is -0.482 e. The van der Waals surface area contributed by atoms with Gasteiger partial charge in [0.1, 0.15) is 17.1 Å². The first-order chi connectivity index (χ1) is 13.9. The van der Waals surface area contributed by atoms with E-state index in [1.807, 2.05) is 31.2 Å². The van der Waals surface area contributed by atoms with Gasteiger partial charge in [-0.05, 0) is 54.2 Å². The first-order valence-electron chi connectivity index (χ1n) is 9.88. The Morgan fingerprint density at radius 2 is 1.90 bits per heavy atom. The number of carbonyl (C=O) groups excluding carboxylic acids is 1. The van der Waals surface area contributed by atoms with Crippen LogP contribution in [0.3, 0.4) is 0 Å². The molecule has 1 aromatic heterocycles. The molecule has 0 bridgehead atoms. The molecule has 2 aromatic carbocycles. The average Bonchev–Trinajstić information content (AvgIpc) is 2.66. The molecule has 1 heterocycles. The van der Waals surface area contributed by atoms with Gasteiger partial charge in [0.05, 0.1) is 0 Å². The van der Waals surface area contributed by atoms with Crippen molar-refractivity contribution in [2.75, 3.05) is 6.61 Å². The molecule has 0 atom stereocenters. The predicted molar refractivity (Wildman–Crippen MR) is 113 cm³/mol. The molecular formula is C24H26O5. The highest BCUT2D eigenvalue weighted by atomic mass is 16.6. The Hall–Kier alpha value is -3.08. The second-order valence-electron chi connectivity index (χ2n) is 7.46. The smallest absolute Gasteiger partial charge is 0.349 e. The first-order valence-corrected chi connectivity index (χ1v) is 9.88. The predicted octanol–water partition coefficient (Wildman–Crippen LogP) is 5.16. The number of benzene rings is 2. The molecule has 0 N–H and O–H groups in total. The highest BCUT2D eigenvalue weighted by Crippen LogP contribution is 2.28. The quantitative estimate of drug-likeness (QED) is 0.314. The number of ether oxygens (including phenoxy) is 2. The average molecular weight is 394 g/mol. The molecule has 0 spiro atoms. The Morgan fingerprint density at radius 1 is 1.10 bits per heavy atom. The van der Waals surface area contributed by atoms with Crippen molar-refractivity contribution < 1.29 is 18.7 Å². The van der Waals surface area contributed by atoms with E-state index in [4.69, 9.17) is 13.9 Å². The molecular weight excluding hydrogens is 368 g/mol. The summed E-state index contributed by atoms with van der Waals surface area (Å²) in [7, 11) is 0. The zero-order chi connectivity index (χ0) is 21.0. The third-order valence-electron chi connectivity index (χ3n) is 4.69. The fraction of sp³-hybridized carbons (Fsp3) is 0.333. The van der Waals surface area contributed by atoms with Crippen molar-refractivity contribution in [2.24, 2.45) is 0 Å². The summed E-state index contributed by atoms with van der Waals surface area (Å²) in [6.07, 6.45) is 1.70. The van der Waals surface area contributed by atoms with Crippen molar-refractivity contribution in [1.29, 1.82) is 0 Å². The van der Waals surface area contributed by atoms with Crippen LogP contribution in [0.5, 0.6) is 11.5 Å². The molecule has 3 rings (SSSR count). The lowest BCUT2D eigenvalue weighted by Crippen LogP contribution is -2.18. The highest BCUT2D eigenvalue weighted by molar-refractivity contribution is 5.83. The maximum Gasteiger partial charge on any atom is 0.349 e. The monoisotopic (exact) mass is 394 g/mol. The molecule has 0 radical (unpaired) electrons. The molecule has 29 heavy (non-hydrogen) atoms. The fourth-order valence-electron chi connectivity index (χ4n) is 3.29. The maximum absolute atomic E-state index is 12.3. The standard InChI is InChI=1S/C24H26O5/c1-5-6-17-12-23(25)29-22-13-18(8-10-20(17)22)28-24(26)14-27-21-11-16(4)7-9-19(21)15(2)3/h7-13,15H,5-6,14H2,1-4H3. The molecule has 0 amide bonds. The summed E-state index contributed by atoms with van der Waals surface area (Å²) in [5.74, 6) is 0.761. The van der Waals surface area contributed by atoms with E-state index in [0.717, 1.165) is 34.9 Å². The van der Waals surface area contributed by atoms with E-state index in [-0.39, 0.29) is 12.5 Å². The van der Waals surface area contributed by atoms with E-state index >= 15 is 0 Å². The Kier molecular flexibility index (Phi) is 6.37. The van der Waals surface area contributed by atoms with Crippen LogP contribution in [-0.4, -0.2) is 12.6 Å². The van der Waals surface area contributed by atoms with Gasteiger partial charge in [-0.25, -0.2) is 9.59 Å². The van der Waals surface area contributed by atoms with E-state index in [1.54, 1.807) is 12.1 Å². The van der Waals surface area contributed by atoms with E-state index in [9.17, 15) is 9.59 Å². The molecule has 0 aliphatic heterocycles. The minimum atomic E-state index is -0.521. The lowest BCUT2D eigenvalue weighted by Gasteiger charge is -2.14. The van der Waals surface area contributed by atoms with Crippen molar-refractivity contribution in [3.8, 4) is 11.5 Å². The maximum atomic E-state index is 12.3. The molecule has 0 saturated carbocycles. The number of hydrogen-bond acceptors (Lipinski definition) is 5. The Bertz CT molecular complexity index is 1080. The molecule has 3 aromatic rings. The molecule has 0 fully saturated rings. The summed E-state index contributed by atoms with van der Waals surface area (Å²) in [5, 5.41) is 0.851. The van der Waals surface area contributed by atoms with Gasteiger partial charge in [0.25, 0.3) is 0 Å². The van der Waals surface area contributed by atoms with Crippen molar-refractivity contribution >= 4 is 16.9 Å². The van der Waals surface area contributed by atoms with Gasteiger partial charge in [-0.15, -0.1) is 0 Å². The molecule has 5 heteroatoms. The second-order valence-corrected chi connectivity index (χ2v) is 7.46. The number of carbonyl (C=O) groups is 1. The number of aryl methyl sites for hydroxylation is 2. The third-order valence-corrected chi connectivity index (χ3v) is 4.69. The normalized spacial score (nSPS) is 11.1. The van der Waals surface area contributed by atoms with Gasteiger partial charge >= 0.3 is 11.6 Å². The van der Waals surface area contributed by atoms with E-state index in [2.05, 4.69) is 20.8 Å². The summed E-state index contributed by atoms with van der Waals surface area (Å²) < 4.78 is 16.4. The fourth-order valence-corrected chi connectivity index (χ4v) is 3.29. The number of esters is 1. The zero-order valence-corrected chi connectivity index (χ0v) is 17.3. The van der Waals surface area contributed by atoms with Crippen LogP contribution in [0.25, 0.3) is 11.0 Å². The van der Waals surface area contributed by atoms with Crippen molar-refractivity contribution in [3.63, 3.8) is 0 Å².